The van der Waals surface area contributed by atoms with E-state index >= 15 is 0 Å². The first-order chi connectivity index (χ1) is 17.7. The summed E-state index contributed by atoms with van der Waals surface area (Å²) in [5.74, 6) is 2.54. The van der Waals surface area contributed by atoms with Gasteiger partial charge in [0.1, 0.15) is 5.84 Å². The number of hydrogen-bond donors (Lipinski definition) is 4. The third-order valence-corrected chi connectivity index (χ3v) is 9.63. The molecule has 3 saturated carbocycles. The summed E-state index contributed by atoms with van der Waals surface area (Å²) < 4.78 is 1.52. The van der Waals surface area contributed by atoms with E-state index in [4.69, 9.17) is 21.5 Å². The second kappa shape index (κ2) is 8.65. The van der Waals surface area contributed by atoms with Crippen LogP contribution in [0.3, 0.4) is 0 Å². The number of guanidine groups is 1. The summed E-state index contributed by atoms with van der Waals surface area (Å²) in [6.45, 7) is 7.50. The molecule has 1 amide bonds. The lowest BCUT2D eigenvalue weighted by molar-refractivity contribution is 0.0974. The Balaban J connectivity index is 1.18. The van der Waals surface area contributed by atoms with Crippen LogP contribution in [0.5, 0.6) is 0 Å². The number of rotatable bonds is 5. The molecular weight excluding hydrogens is 466 g/mol. The molecule has 3 aliphatic carbocycles. The van der Waals surface area contributed by atoms with E-state index in [-0.39, 0.29) is 17.7 Å². The Kier molecular flexibility index (Phi) is 5.63. The summed E-state index contributed by atoms with van der Waals surface area (Å²) in [7, 11) is 0. The van der Waals surface area contributed by atoms with E-state index in [1.165, 1.54) is 43.0 Å². The summed E-state index contributed by atoms with van der Waals surface area (Å²) >= 11 is 0. The highest BCUT2D eigenvalue weighted by Crippen LogP contribution is 2.79. The molecule has 6 rings (SSSR count). The van der Waals surface area contributed by atoms with Gasteiger partial charge in [-0.05, 0) is 67.7 Å². The predicted octanol–water partition coefficient (Wildman–Crippen LogP) is 2.70. The van der Waals surface area contributed by atoms with Crippen LogP contribution < -0.4 is 22.1 Å². The quantitative estimate of drug-likeness (QED) is 0.493. The van der Waals surface area contributed by atoms with Gasteiger partial charge >= 0.3 is 0 Å². The number of carbonyl (C=O) groups excluding carboxylic acids is 1. The number of aromatic nitrogens is 3. The first-order valence-corrected chi connectivity index (χ1v) is 13.5. The average Bonchev–Trinajstić information content (AvgIpc) is 3.66. The Morgan fingerprint density at radius 1 is 1.19 bits per heavy atom. The van der Waals surface area contributed by atoms with Crippen LogP contribution in [0.4, 0.5) is 5.69 Å². The molecule has 2 spiro atoms. The van der Waals surface area contributed by atoms with Crippen LogP contribution in [0.1, 0.15) is 63.4 Å². The summed E-state index contributed by atoms with van der Waals surface area (Å²) in [5.41, 5.74) is 14.3. The van der Waals surface area contributed by atoms with Gasteiger partial charge in [0, 0.05) is 23.2 Å². The molecule has 37 heavy (non-hydrogen) atoms. The van der Waals surface area contributed by atoms with Crippen molar-refractivity contribution >= 4 is 23.4 Å². The Morgan fingerprint density at radius 2 is 1.95 bits per heavy atom. The van der Waals surface area contributed by atoms with Gasteiger partial charge in [0.25, 0.3) is 5.91 Å². The van der Waals surface area contributed by atoms with E-state index in [2.05, 4.69) is 34.8 Å². The molecule has 1 aromatic heterocycles. The van der Waals surface area contributed by atoms with Crippen LogP contribution in [0.15, 0.2) is 40.4 Å². The molecule has 0 bridgehead atoms. The Morgan fingerprint density at radius 3 is 2.59 bits per heavy atom. The van der Waals surface area contributed by atoms with Crippen LogP contribution in [-0.2, 0) is 0 Å². The molecule has 10 nitrogen and oxygen atoms in total. The van der Waals surface area contributed by atoms with Crippen LogP contribution >= 0.6 is 0 Å². The first kappa shape index (κ1) is 24.1. The van der Waals surface area contributed by atoms with Gasteiger partial charge in [0.15, 0.2) is 5.69 Å². The van der Waals surface area contributed by atoms with Gasteiger partial charge in [-0.2, -0.15) is 4.99 Å². The molecule has 10 heteroatoms. The average molecular weight is 504 g/mol. The van der Waals surface area contributed by atoms with Gasteiger partial charge in [0.2, 0.25) is 5.96 Å². The maximum absolute atomic E-state index is 11.3. The molecule has 5 unspecified atom stereocenters. The van der Waals surface area contributed by atoms with Crippen LogP contribution in [0, 0.1) is 28.6 Å². The first-order valence-electron chi connectivity index (χ1n) is 13.5. The number of nitrogens with zero attached hydrogens (tertiary/aromatic N) is 5. The summed E-state index contributed by atoms with van der Waals surface area (Å²) in [6, 6.07) is 8.05. The molecule has 7 atom stereocenters. The zero-order valence-corrected chi connectivity index (χ0v) is 21.8. The second-order valence-electron chi connectivity index (χ2n) is 11.7. The third-order valence-electron chi connectivity index (χ3n) is 9.63. The summed E-state index contributed by atoms with van der Waals surface area (Å²) in [5, 5.41) is 15.0. The Bertz CT molecular complexity index is 1260. The van der Waals surface area contributed by atoms with Crippen molar-refractivity contribution in [1.82, 2.24) is 20.3 Å². The van der Waals surface area contributed by atoms with E-state index in [1.54, 1.807) is 0 Å². The minimum atomic E-state index is -0.607. The van der Waals surface area contributed by atoms with Crippen LogP contribution in [0.25, 0.3) is 5.69 Å². The van der Waals surface area contributed by atoms with E-state index in [1.807, 2.05) is 31.2 Å². The van der Waals surface area contributed by atoms with Gasteiger partial charge in [-0.25, -0.2) is 4.68 Å². The number of carbonyl (C=O) groups is 1. The molecule has 1 aromatic carbocycles. The third kappa shape index (κ3) is 3.93. The normalized spacial score (nSPS) is 35.0. The minimum Gasteiger partial charge on any atom is -0.364 e. The van der Waals surface area contributed by atoms with Gasteiger partial charge in [-0.15, -0.1) is 5.10 Å². The smallest absolute Gasteiger partial charge is 0.270 e. The number of primary amides is 1. The van der Waals surface area contributed by atoms with Crippen molar-refractivity contribution in [2.45, 2.75) is 65.0 Å². The van der Waals surface area contributed by atoms with Crippen molar-refractivity contribution in [3.8, 4) is 5.69 Å². The van der Waals surface area contributed by atoms with Gasteiger partial charge in [-0.1, -0.05) is 31.9 Å². The minimum absolute atomic E-state index is 0.00947. The van der Waals surface area contributed by atoms with Crippen molar-refractivity contribution in [1.29, 1.82) is 0 Å². The number of anilines is 1. The van der Waals surface area contributed by atoms with Gasteiger partial charge in [-0.3, -0.25) is 9.79 Å². The Hall–Kier alpha value is -3.27. The predicted molar refractivity (Wildman–Crippen MR) is 144 cm³/mol. The number of benzene rings is 1. The van der Waals surface area contributed by atoms with Crippen LogP contribution in [-0.4, -0.2) is 51.3 Å². The molecule has 196 valence electrons. The van der Waals surface area contributed by atoms with Crippen molar-refractivity contribution in [2.75, 3.05) is 11.9 Å². The van der Waals surface area contributed by atoms with Gasteiger partial charge < -0.3 is 22.1 Å². The topological polar surface area (TPSA) is 149 Å². The van der Waals surface area contributed by atoms with E-state index in [0.717, 1.165) is 35.0 Å². The molecule has 6 N–H and O–H groups in total. The Labute approximate surface area is 217 Å². The lowest BCUT2D eigenvalue weighted by Gasteiger charge is -2.40. The van der Waals surface area contributed by atoms with Crippen LogP contribution in [0.2, 0.25) is 0 Å². The monoisotopic (exact) mass is 503 g/mol. The molecular formula is C27H37N9O. The molecule has 2 heterocycles. The molecule has 3 fully saturated rings. The number of hydrogen-bond acceptors (Lipinski definition) is 8. The molecule has 0 saturated heterocycles. The number of aliphatic imine (C=N–C) groups is 2. The number of nitrogens with two attached hydrogens (primary N) is 2. The summed E-state index contributed by atoms with van der Waals surface area (Å²) in [6.07, 6.45) is 8.19. The fourth-order valence-corrected chi connectivity index (χ4v) is 7.36. The fraction of sp³-hybridized carbons (Fsp3) is 0.593. The van der Waals surface area contributed by atoms with Gasteiger partial charge in [0.05, 0.1) is 24.3 Å². The zero-order valence-electron chi connectivity index (χ0n) is 21.8. The zero-order chi connectivity index (χ0) is 25.9. The standard InChI is InChI=1S/C27H37N9O/c1-15-5-4-10-26(11-16(26)2)27(15)12-22(27)32-25-30-13-20(17(3)28)24(33-25)31-18-6-8-19(9-7-18)36-14-21(23(29)37)34-35-36/h6-9,14-17,20,22H,4-5,10-13,28H2,1-3H3,(H2,29,37)(H2,30,31,32,33)/t15?,16-,17?,20?,22?,26?,27+/m1/s1. The largest absolute Gasteiger partial charge is 0.364 e. The SMILES string of the molecule is CC(N)C1CN=C(NC2C[C@]23C(C)CCCC32C[C@H]2C)N=C1Nc1ccc(-n2cc(C(N)=O)nn2)cc1. The highest BCUT2D eigenvalue weighted by Gasteiger charge is 2.76. The molecule has 0 radical (unpaired) electrons. The van der Waals surface area contributed by atoms with E-state index in [9.17, 15) is 4.79 Å². The molecule has 4 aliphatic rings. The highest BCUT2D eigenvalue weighted by atomic mass is 16.1. The second-order valence-corrected chi connectivity index (χ2v) is 11.7. The lowest BCUT2D eigenvalue weighted by atomic mass is 9.65. The van der Waals surface area contributed by atoms with Crippen molar-refractivity contribution in [3.63, 3.8) is 0 Å². The summed E-state index contributed by atoms with van der Waals surface area (Å²) in [4.78, 5) is 21.1. The van der Waals surface area contributed by atoms with E-state index in [0.29, 0.717) is 23.4 Å². The van der Waals surface area contributed by atoms with Crippen molar-refractivity contribution in [3.05, 3.63) is 36.2 Å². The number of fused-ring (bicyclic) bond motifs is 1. The molecule has 2 aromatic rings. The van der Waals surface area contributed by atoms with E-state index < -0.39 is 5.91 Å². The maximum atomic E-state index is 11.3. The lowest BCUT2D eigenvalue weighted by Crippen LogP contribution is -2.45. The number of amides is 1. The highest BCUT2D eigenvalue weighted by molar-refractivity contribution is 6.06. The fourth-order valence-electron chi connectivity index (χ4n) is 7.36. The van der Waals surface area contributed by atoms with Crippen molar-refractivity contribution in [2.24, 2.45) is 50.0 Å². The van der Waals surface area contributed by atoms with Crippen molar-refractivity contribution < 1.29 is 4.79 Å². The molecule has 1 aliphatic heterocycles. The number of nitrogens with one attached hydrogen (secondary N) is 2. The number of amidine groups is 1. The maximum Gasteiger partial charge on any atom is 0.270 e.